The van der Waals surface area contributed by atoms with Gasteiger partial charge in [0.15, 0.2) is 0 Å². The molecule has 0 radical (unpaired) electrons. The third kappa shape index (κ3) is 4.40. The molecule has 2 aliphatic rings. The third-order valence-electron chi connectivity index (χ3n) is 6.50. The summed E-state index contributed by atoms with van der Waals surface area (Å²) in [6.45, 7) is 6.43. The molecule has 0 spiro atoms. The fourth-order valence-corrected chi connectivity index (χ4v) is 4.71. The molecule has 3 aromatic rings. The van der Waals surface area contributed by atoms with Gasteiger partial charge in [0.1, 0.15) is 11.4 Å². The van der Waals surface area contributed by atoms with Crippen molar-refractivity contribution in [1.29, 1.82) is 0 Å². The largest absolute Gasteiger partial charge is 0.494 e. The van der Waals surface area contributed by atoms with E-state index in [9.17, 15) is 4.79 Å². The second kappa shape index (κ2) is 9.40. The molecule has 6 heteroatoms. The summed E-state index contributed by atoms with van der Waals surface area (Å²) in [6, 6.07) is 18.0. The number of carbonyl (C=O) groups excluding carboxylic acids is 1. The highest BCUT2D eigenvalue weighted by atomic mass is 16.5. The molecule has 172 valence electrons. The van der Waals surface area contributed by atoms with Crippen LogP contribution in [0.2, 0.25) is 0 Å². The maximum atomic E-state index is 13.5. The molecule has 2 atom stereocenters. The number of nitrogens with zero attached hydrogens (tertiary/aromatic N) is 2. The van der Waals surface area contributed by atoms with Gasteiger partial charge in [-0.15, -0.1) is 0 Å². The molecule has 0 aliphatic carbocycles. The highest BCUT2D eigenvalue weighted by Crippen LogP contribution is 2.43. The third-order valence-corrected chi connectivity index (χ3v) is 6.50. The van der Waals surface area contributed by atoms with E-state index in [0.717, 1.165) is 54.0 Å². The Morgan fingerprint density at radius 2 is 1.94 bits per heavy atom. The van der Waals surface area contributed by atoms with E-state index in [1.165, 1.54) is 0 Å². The molecule has 1 aromatic heterocycles. The number of amides is 1. The highest BCUT2D eigenvalue weighted by molar-refractivity contribution is 6.00. The number of carbonyl (C=O) groups is 1. The van der Waals surface area contributed by atoms with Crippen molar-refractivity contribution in [3.63, 3.8) is 0 Å². The van der Waals surface area contributed by atoms with Crippen molar-refractivity contribution in [3.8, 4) is 17.0 Å². The van der Waals surface area contributed by atoms with E-state index in [2.05, 4.69) is 36.2 Å². The van der Waals surface area contributed by atoms with E-state index in [-0.39, 0.29) is 18.1 Å². The van der Waals surface area contributed by atoms with Crippen LogP contribution in [0.4, 0.5) is 0 Å². The number of hydrogen-bond acceptors (Lipinski definition) is 4. The second-order valence-electron chi connectivity index (χ2n) is 9.32. The lowest BCUT2D eigenvalue weighted by Gasteiger charge is -2.28. The van der Waals surface area contributed by atoms with Gasteiger partial charge in [0, 0.05) is 24.3 Å². The molecule has 0 bridgehead atoms. The van der Waals surface area contributed by atoms with Gasteiger partial charge in [0.25, 0.3) is 5.91 Å². The lowest BCUT2D eigenvalue weighted by atomic mass is 9.96. The first-order chi connectivity index (χ1) is 16.1. The summed E-state index contributed by atoms with van der Waals surface area (Å²) in [7, 11) is 0. The zero-order chi connectivity index (χ0) is 22.8. The minimum atomic E-state index is -0.213. The highest BCUT2D eigenvalue weighted by Gasteiger charge is 2.43. The zero-order valence-electron chi connectivity index (χ0n) is 19.3. The molecule has 33 heavy (non-hydrogen) atoms. The molecule has 3 heterocycles. The fraction of sp³-hybridized carbons (Fsp3) is 0.407. The number of fused-ring (bicyclic) bond motifs is 1. The van der Waals surface area contributed by atoms with Crippen LogP contribution < -0.4 is 4.74 Å². The van der Waals surface area contributed by atoms with Crippen LogP contribution in [-0.2, 0) is 4.74 Å². The second-order valence-corrected chi connectivity index (χ2v) is 9.32. The van der Waals surface area contributed by atoms with Crippen LogP contribution in [0.5, 0.6) is 5.75 Å². The van der Waals surface area contributed by atoms with E-state index >= 15 is 0 Å². The first kappa shape index (κ1) is 21.7. The Morgan fingerprint density at radius 3 is 2.64 bits per heavy atom. The predicted molar refractivity (Wildman–Crippen MR) is 127 cm³/mol. The van der Waals surface area contributed by atoms with E-state index in [1.807, 2.05) is 47.4 Å². The SMILES string of the molecule is CC(C)CCOc1ccc(C2c3c(-c4ccccc4)n[nH]c3C(=O)N2CC2CCCO2)cc1. The lowest BCUT2D eigenvalue weighted by molar-refractivity contribution is 0.0495. The van der Waals surface area contributed by atoms with Gasteiger partial charge in [0.05, 0.1) is 24.4 Å². The average Bonchev–Trinajstić information content (AvgIpc) is 3.55. The Labute approximate surface area is 194 Å². The molecule has 2 aromatic carbocycles. The Balaban J connectivity index is 1.48. The van der Waals surface area contributed by atoms with Crippen LogP contribution in [0.25, 0.3) is 11.3 Å². The monoisotopic (exact) mass is 445 g/mol. The number of rotatable bonds is 8. The van der Waals surface area contributed by atoms with Gasteiger partial charge in [-0.05, 0) is 42.9 Å². The van der Waals surface area contributed by atoms with E-state index in [1.54, 1.807) is 0 Å². The molecule has 1 saturated heterocycles. The topological polar surface area (TPSA) is 67.5 Å². The van der Waals surface area contributed by atoms with Crippen LogP contribution in [0.3, 0.4) is 0 Å². The number of aromatic amines is 1. The van der Waals surface area contributed by atoms with Gasteiger partial charge in [-0.3, -0.25) is 9.89 Å². The normalized spacial score (nSPS) is 20.0. The minimum absolute atomic E-state index is 0.0163. The molecule has 1 fully saturated rings. The van der Waals surface area contributed by atoms with Crippen molar-refractivity contribution in [3.05, 3.63) is 71.4 Å². The molecule has 6 nitrogen and oxygen atoms in total. The average molecular weight is 446 g/mol. The van der Waals surface area contributed by atoms with Crippen molar-refractivity contribution in [1.82, 2.24) is 15.1 Å². The summed E-state index contributed by atoms with van der Waals surface area (Å²) in [5.74, 6) is 1.44. The van der Waals surface area contributed by atoms with Gasteiger partial charge >= 0.3 is 0 Å². The van der Waals surface area contributed by atoms with Crippen molar-refractivity contribution in [2.45, 2.75) is 45.3 Å². The van der Waals surface area contributed by atoms with Gasteiger partial charge in [-0.2, -0.15) is 5.10 Å². The maximum Gasteiger partial charge on any atom is 0.273 e. The predicted octanol–water partition coefficient (Wildman–Crippen LogP) is 5.23. The smallest absolute Gasteiger partial charge is 0.273 e. The number of nitrogens with one attached hydrogen (secondary N) is 1. The molecule has 5 rings (SSSR count). The molecule has 2 unspecified atom stereocenters. The van der Waals surface area contributed by atoms with Crippen molar-refractivity contribution < 1.29 is 14.3 Å². The minimum Gasteiger partial charge on any atom is -0.494 e. The summed E-state index contributed by atoms with van der Waals surface area (Å²) in [6.07, 6.45) is 3.12. The molecule has 0 saturated carbocycles. The number of ether oxygens (including phenoxy) is 2. The Hall–Kier alpha value is -3.12. The maximum absolute atomic E-state index is 13.5. The lowest BCUT2D eigenvalue weighted by Crippen LogP contribution is -2.36. The molecule has 1 N–H and O–H groups in total. The fourth-order valence-electron chi connectivity index (χ4n) is 4.71. The van der Waals surface area contributed by atoms with Gasteiger partial charge in [0.2, 0.25) is 0 Å². The molecule has 1 amide bonds. The Bertz CT molecular complexity index is 1090. The number of benzene rings is 2. The van der Waals surface area contributed by atoms with Crippen molar-refractivity contribution in [2.24, 2.45) is 5.92 Å². The van der Waals surface area contributed by atoms with Crippen LogP contribution in [0.1, 0.15) is 60.8 Å². The number of H-pyrrole nitrogens is 1. The zero-order valence-corrected chi connectivity index (χ0v) is 19.3. The summed E-state index contributed by atoms with van der Waals surface area (Å²) >= 11 is 0. The first-order valence-electron chi connectivity index (χ1n) is 11.9. The summed E-state index contributed by atoms with van der Waals surface area (Å²) < 4.78 is 11.8. The van der Waals surface area contributed by atoms with Crippen molar-refractivity contribution in [2.75, 3.05) is 19.8 Å². The van der Waals surface area contributed by atoms with Crippen LogP contribution >= 0.6 is 0 Å². The van der Waals surface area contributed by atoms with Crippen LogP contribution in [-0.4, -0.2) is 46.9 Å². The quantitative estimate of drug-likeness (QED) is 0.516. The van der Waals surface area contributed by atoms with Crippen molar-refractivity contribution >= 4 is 5.91 Å². The van der Waals surface area contributed by atoms with Gasteiger partial charge in [-0.25, -0.2) is 0 Å². The number of aromatic nitrogens is 2. The first-order valence-corrected chi connectivity index (χ1v) is 11.9. The van der Waals surface area contributed by atoms with Gasteiger partial charge in [-0.1, -0.05) is 56.3 Å². The van der Waals surface area contributed by atoms with Crippen LogP contribution in [0, 0.1) is 5.92 Å². The standard InChI is InChI=1S/C27H31N3O3/c1-18(2)14-16-33-21-12-10-20(11-13-21)26-23-24(19-7-4-3-5-8-19)28-29-25(23)27(31)30(26)17-22-9-6-15-32-22/h3-5,7-8,10-13,18,22,26H,6,9,14-17H2,1-2H3,(H,28,29). The Morgan fingerprint density at radius 1 is 1.15 bits per heavy atom. The van der Waals surface area contributed by atoms with E-state index in [4.69, 9.17) is 9.47 Å². The van der Waals surface area contributed by atoms with E-state index < -0.39 is 0 Å². The summed E-state index contributed by atoms with van der Waals surface area (Å²) in [5, 5.41) is 7.58. The Kier molecular flexibility index (Phi) is 6.18. The van der Waals surface area contributed by atoms with E-state index in [0.29, 0.717) is 24.8 Å². The molecular weight excluding hydrogens is 414 g/mol. The molecular formula is C27H31N3O3. The summed E-state index contributed by atoms with van der Waals surface area (Å²) in [5.41, 5.74) is 4.40. The van der Waals surface area contributed by atoms with Gasteiger partial charge < -0.3 is 14.4 Å². The molecule has 2 aliphatic heterocycles. The van der Waals surface area contributed by atoms with Crippen LogP contribution in [0.15, 0.2) is 54.6 Å². The number of hydrogen-bond donors (Lipinski definition) is 1. The summed E-state index contributed by atoms with van der Waals surface area (Å²) in [4.78, 5) is 15.4.